The Morgan fingerprint density at radius 1 is 0.306 bits per heavy atom. The van der Waals surface area contributed by atoms with E-state index in [-0.39, 0.29) is 32.5 Å². The summed E-state index contributed by atoms with van der Waals surface area (Å²) in [5, 5.41) is 0. The Labute approximate surface area is 314 Å². The van der Waals surface area contributed by atoms with Crippen molar-refractivity contribution in [2.75, 3.05) is 0 Å². The van der Waals surface area contributed by atoms with E-state index in [1.165, 1.54) is 50.1 Å². The molecule has 0 heterocycles. The predicted molar refractivity (Wildman–Crippen MR) is 208 cm³/mol. The van der Waals surface area contributed by atoms with E-state index in [4.69, 9.17) is 6.15 Å². The molecule has 3 rings (SSSR count). The summed E-state index contributed by atoms with van der Waals surface area (Å²) in [5.74, 6) is 2.78. The molecule has 4 heteroatoms. The molecule has 0 aromatic heterocycles. The van der Waals surface area contributed by atoms with Gasteiger partial charge in [-0.3, -0.25) is 0 Å². The summed E-state index contributed by atoms with van der Waals surface area (Å²) in [7, 11) is 0. The first-order valence-electron chi connectivity index (χ1n) is 18.3. The van der Waals surface area contributed by atoms with Crippen LogP contribution in [0.1, 0.15) is 175 Å². The molecule has 0 saturated heterocycles. The summed E-state index contributed by atoms with van der Waals surface area (Å²) in [6.07, 6.45) is 0. The fraction of sp³-hybridized carbons (Fsp3) is 0.600. The number of hydrogen-bond acceptors (Lipinski definition) is 3. The second-order valence-corrected chi connectivity index (χ2v) is 23.9. The van der Waals surface area contributed by atoms with Gasteiger partial charge in [0.2, 0.25) is 0 Å². The van der Waals surface area contributed by atoms with E-state index < -0.39 is 29.0 Å². The maximum absolute atomic E-state index is 7.49. The van der Waals surface area contributed by atoms with Crippen molar-refractivity contribution < 1.29 is 35.1 Å². The van der Waals surface area contributed by atoms with Crippen LogP contribution in [0.15, 0.2) is 36.4 Å². The topological polar surface area (TPSA) is 27.7 Å². The van der Waals surface area contributed by atoms with Gasteiger partial charge in [-0.15, -0.1) is 0 Å². The molecule has 0 fully saturated rings. The van der Waals surface area contributed by atoms with Crippen molar-refractivity contribution in [3.63, 3.8) is 0 Å². The van der Waals surface area contributed by atoms with Gasteiger partial charge in [0.05, 0.1) is 0 Å². The number of hydrogen-bond donors (Lipinski definition) is 0. The van der Waals surface area contributed by atoms with Crippen LogP contribution in [0.4, 0.5) is 0 Å². The Hall–Kier alpha value is -1.84. The van der Waals surface area contributed by atoms with Gasteiger partial charge in [-0.1, -0.05) is 0 Å². The predicted octanol–water partition coefficient (Wildman–Crippen LogP) is 13.3. The molecule has 270 valence electrons. The fourth-order valence-corrected chi connectivity index (χ4v) is 10.1. The van der Waals surface area contributed by atoms with Crippen LogP contribution in [0.3, 0.4) is 0 Å². The first kappa shape index (κ1) is 41.6. The quantitative estimate of drug-likeness (QED) is 0.251. The van der Waals surface area contributed by atoms with Gasteiger partial charge in [0.1, 0.15) is 0 Å². The average molecular weight is 747 g/mol. The van der Waals surface area contributed by atoms with Crippen molar-refractivity contribution in [2.45, 2.75) is 178 Å². The van der Waals surface area contributed by atoms with Crippen LogP contribution in [0, 0.1) is 20.8 Å². The molecule has 3 aromatic carbocycles. The zero-order valence-corrected chi connectivity index (χ0v) is 38.1. The molecular formula is C45H69O3Y. The van der Waals surface area contributed by atoms with Gasteiger partial charge in [0.25, 0.3) is 0 Å². The molecule has 0 aliphatic heterocycles. The molecule has 0 saturated carbocycles. The van der Waals surface area contributed by atoms with Crippen LogP contribution in [0.2, 0.25) is 0 Å². The van der Waals surface area contributed by atoms with Crippen LogP contribution in [-0.4, -0.2) is 0 Å². The van der Waals surface area contributed by atoms with Crippen molar-refractivity contribution in [3.8, 4) is 17.2 Å². The van der Waals surface area contributed by atoms with Crippen molar-refractivity contribution in [1.29, 1.82) is 0 Å². The fourth-order valence-electron chi connectivity index (χ4n) is 6.40. The zero-order chi connectivity index (χ0) is 37.9. The molecule has 0 N–H and O–H groups in total. The van der Waals surface area contributed by atoms with E-state index in [1.54, 1.807) is 0 Å². The summed E-state index contributed by atoms with van der Waals surface area (Å²) in [6, 6.07) is 13.8. The van der Waals surface area contributed by atoms with E-state index in [0.717, 1.165) is 17.2 Å². The Balaban J connectivity index is 2.51. The van der Waals surface area contributed by atoms with Crippen molar-refractivity contribution >= 4 is 0 Å². The summed E-state index contributed by atoms with van der Waals surface area (Å²) >= 11 is -4.08. The maximum atomic E-state index is 7.49. The first-order valence-corrected chi connectivity index (χ1v) is 21.8. The molecule has 0 unspecified atom stereocenters. The second kappa shape index (κ2) is 13.9. The van der Waals surface area contributed by atoms with Crippen molar-refractivity contribution in [3.05, 3.63) is 86.5 Å². The summed E-state index contributed by atoms with van der Waals surface area (Å²) in [6.45, 7) is 47.5. The molecule has 0 amide bonds. The van der Waals surface area contributed by atoms with Crippen molar-refractivity contribution in [1.82, 2.24) is 0 Å². The van der Waals surface area contributed by atoms with Gasteiger partial charge in [-0.2, -0.15) is 0 Å². The first-order chi connectivity index (χ1) is 21.8. The summed E-state index contributed by atoms with van der Waals surface area (Å²) < 4.78 is 22.5. The van der Waals surface area contributed by atoms with E-state index >= 15 is 0 Å². The third-order valence-corrected chi connectivity index (χ3v) is 12.3. The Bertz CT molecular complexity index is 1350. The van der Waals surface area contributed by atoms with E-state index in [2.05, 4.69) is 182 Å². The normalized spacial score (nSPS) is 13.4. The van der Waals surface area contributed by atoms with Gasteiger partial charge in [-0.05, 0) is 0 Å². The summed E-state index contributed by atoms with van der Waals surface area (Å²) in [4.78, 5) is 0. The molecule has 3 nitrogen and oxygen atoms in total. The van der Waals surface area contributed by atoms with Gasteiger partial charge >= 0.3 is 317 Å². The molecule has 0 spiro atoms. The molecule has 3 aromatic rings. The van der Waals surface area contributed by atoms with Crippen LogP contribution < -0.4 is 6.15 Å². The van der Waals surface area contributed by atoms with Crippen LogP contribution in [-0.2, 0) is 61.5 Å². The van der Waals surface area contributed by atoms with Gasteiger partial charge in [0.15, 0.2) is 0 Å². The monoisotopic (exact) mass is 746 g/mol. The Morgan fingerprint density at radius 2 is 0.449 bits per heavy atom. The SMILES string of the molecule is Cc1cc(C(C)(C)C)c([O][Y]([O]c2c(C(C)(C)C)cc(C)cc2C(C)(C)C)[O]c2c(C(C)(C)C)cc(C)cc2C(C)(C)C)c(C(C)(C)C)c1. The van der Waals surface area contributed by atoms with Gasteiger partial charge in [-0.25, -0.2) is 0 Å². The molecule has 0 bridgehead atoms. The summed E-state index contributed by atoms with van der Waals surface area (Å²) in [5.41, 5.74) is 9.99. The molecular weight excluding hydrogens is 677 g/mol. The third-order valence-electron chi connectivity index (χ3n) is 9.19. The molecule has 0 radical (unpaired) electrons. The van der Waals surface area contributed by atoms with Crippen LogP contribution >= 0.6 is 0 Å². The molecule has 0 aliphatic carbocycles. The van der Waals surface area contributed by atoms with E-state index in [9.17, 15) is 0 Å². The standard InChI is InChI=1S/3C15H24O.Y/c3*1-10-8-11(14(2,3)4)13(16)12(9-10)15(5,6)7;/h3*8-9,16H,1-7H3;/q;;;+3/p-3. The van der Waals surface area contributed by atoms with E-state index in [1.807, 2.05) is 0 Å². The second-order valence-electron chi connectivity index (χ2n) is 20.7. The minimum atomic E-state index is -4.08. The Morgan fingerprint density at radius 3 is 0.571 bits per heavy atom. The zero-order valence-electron chi connectivity index (χ0n) is 35.3. The molecule has 49 heavy (non-hydrogen) atoms. The Kier molecular flexibility index (Phi) is 11.8. The number of aryl methyl sites for hydroxylation is 3. The van der Waals surface area contributed by atoms with Crippen molar-refractivity contribution in [2.24, 2.45) is 0 Å². The third kappa shape index (κ3) is 10.2. The minimum absolute atomic E-state index is 0.147. The molecule has 0 aliphatic rings. The van der Waals surface area contributed by atoms with Crippen LogP contribution in [0.25, 0.3) is 0 Å². The number of rotatable bonds is 6. The van der Waals surface area contributed by atoms with E-state index in [0.29, 0.717) is 0 Å². The molecule has 0 atom stereocenters. The van der Waals surface area contributed by atoms with Gasteiger partial charge in [0, 0.05) is 0 Å². The van der Waals surface area contributed by atoms with Crippen LogP contribution in [0.5, 0.6) is 17.2 Å². The van der Waals surface area contributed by atoms with Gasteiger partial charge < -0.3 is 0 Å². The average Bonchev–Trinajstić information content (AvgIpc) is 2.87. The number of benzene rings is 3.